The molecular formula is C13H8FN3O2. The minimum atomic E-state index is -0.622. The number of nitrogens with zero attached hydrogens (tertiary/aromatic N) is 3. The highest BCUT2D eigenvalue weighted by Crippen LogP contribution is 2.28. The molecule has 0 amide bonds. The standard InChI is InChI=1S/C13H8FN3O2/c1-8-2-3-11(17(18)19)5-12(8)13-9(6-15)4-10(14)7-16-13/h2-5,7H,1H3. The minimum Gasteiger partial charge on any atom is -0.258 e. The lowest BCUT2D eigenvalue weighted by Crippen LogP contribution is -1.95. The van der Waals surface area contributed by atoms with Gasteiger partial charge in [0.25, 0.3) is 5.69 Å². The summed E-state index contributed by atoms with van der Waals surface area (Å²) in [5, 5.41) is 19.7. The predicted octanol–water partition coefficient (Wildman–Crippen LogP) is 2.98. The van der Waals surface area contributed by atoms with Gasteiger partial charge in [0, 0.05) is 17.7 Å². The summed E-state index contributed by atoms with van der Waals surface area (Å²) in [5.74, 6) is -0.622. The summed E-state index contributed by atoms with van der Waals surface area (Å²) in [7, 11) is 0. The Morgan fingerprint density at radius 3 is 2.79 bits per heavy atom. The van der Waals surface area contributed by atoms with E-state index in [1.807, 2.05) is 6.07 Å². The van der Waals surface area contributed by atoms with Crippen LogP contribution in [-0.4, -0.2) is 9.91 Å². The van der Waals surface area contributed by atoms with Crippen LogP contribution in [0.5, 0.6) is 0 Å². The first-order chi connectivity index (χ1) is 9.02. The molecule has 0 aliphatic carbocycles. The first kappa shape index (κ1) is 12.6. The van der Waals surface area contributed by atoms with Crippen LogP contribution in [0, 0.1) is 34.2 Å². The highest BCUT2D eigenvalue weighted by atomic mass is 19.1. The molecule has 5 nitrogen and oxygen atoms in total. The van der Waals surface area contributed by atoms with Crippen molar-refractivity contribution in [1.29, 1.82) is 5.26 Å². The van der Waals surface area contributed by atoms with Crippen LogP contribution >= 0.6 is 0 Å². The fourth-order valence-electron chi connectivity index (χ4n) is 1.72. The molecule has 0 aliphatic heterocycles. The number of halogens is 1. The molecule has 2 aromatic rings. The zero-order valence-electron chi connectivity index (χ0n) is 9.92. The van der Waals surface area contributed by atoms with E-state index in [0.29, 0.717) is 5.56 Å². The third-order valence-electron chi connectivity index (χ3n) is 2.66. The van der Waals surface area contributed by atoms with Crippen molar-refractivity contribution in [3.05, 3.63) is 57.5 Å². The SMILES string of the molecule is Cc1ccc([N+](=O)[O-])cc1-c1ncc(F)cc1C#N. The number of rotatable bonds is 2. The fraction of sp³-hybridized carbons (Fsp3) is 0.0769. The van der Waals surface area contributed by atoms with Gasteiger partial charge >= 0.3 is 0 Å². The maximum Gasteiger partial charge on any atom is 0.270 e. The zero-order valence-corrected chi connectivity index (χ0v) is 9.92. The van der Waals surface area contributed by atoms with E-state index in [-0.39, 0.29) is 16.9 Å². The van der Waals surface area contributed by atoms with Crippen LogP contribution in [0.2, 0.25) is 0 Å². The Bertz CT molecular complexity index is 708. The summed E-state index contributed by atoms with van der Waals surface area (Å²) in [6.07, 6.45) is 0.981. The topological polar surface area (TPSA) is 79.8 Å². The second-order valence-corrected chi connectivity index (χ2v) is 3.92. The van der Waals surface area contributed by atoms with Gasteiger partial charge in [-0.2, -0.15) is 5.26 Å². The van der Waals surface area contributed by atoms with Gasteiger partial charge in [0.15, 0.2) is 0 Å². The number of aromatic nitrogens is 1. The van der Waals surface area contributed by atoms with Crippen LogP contribution in [-0.2, 0) is 0 Å². The molecule has 0 bridgehead atoms. The number of aryl methyl sites for hydroxylation is 1. The monoisotopic (exact) mass is 257 g/mol. The molecule has 0 saturated carbocycles. The van der Waals surface area contributed by atoms with Crippen LogP contribution in [0.15, 0.2) is 30.5 Å². The van der Waals surface area contributed by atoms with Gasteiger partial charge in [0.05, 0.1) is 22.4 Å². The highest BCUT2D eigenvalue weighted by Gasteiger charge is 2.14. The molecule has 0 unspecified atom stereocenters. The average molecular weight is 257 g/mol. The molecule has 0 aliphatic rings. The lowest BCUT2D eigenvalue weighted by Gasteiger charge is -2.06. The number of nitro groups is 1. The lowest BCUT2D eigenvalue weighted by molar-refractivity contribution is -0.384. The summed E-state index contributed by atoms with van der Waals surface area (Å²) in [6.45, 7) is 1.74. The summed E-state index contributed by atoms with van der Waals surface area (Å²) in [5.41, 5.74) is 1.36. The molecule has 0 atom stereocenters. The third kappa shape index (κ3) is 2.40. The third-order valence-corrected chi connectivity index (χ3v) is 2.66. The van der Waals surface area contributed by atoms with Gasteiger partial charge in [0.2, 0.25) is 0 Å². The number of hydrogen-bond donors (Lipinski definition) is 0. The van der Waals surface area contributed by atoms with E-state index in [1.54, 1.807) is 13.0 Å². The van der Waals surface area contributed by atoms with Gasteiger partial charge in [-0.15, -0.1) is 0 Å². The van der Waals surface area contributed by atoms with E-state index in [9.17, 15) is 14.5 Å². The molecule has 1 aromatic heterocycles. The van der Waals surface area contributed by atoms with Gasteiger partial charge in [-0.05, 0) is 18.6 Å². The minimum absolute atomic E-state index is 0.0450. The van der Waals surface area contributed by atoms with Crippen molar-refractivity contribution in [3.63, 3.8) is 0 Å². The van der Waals surface area contributed by atoms with E-state index in [1.165, 1.54) is 12.1 Å². The van der Waals surface area contributed by atoms with Gasteiger partial charge < -0.3 is 0 Å². The molecule has 1 heterocycles. The van der Waals surface area contributed by atoms with E-state index in [2.05, 4.69) is 4.98 Å². The van der Waals surface area contributed by atoms with Crippen molar-refractivity contribution in [2.75, 3.05) is 0 Å². The summed E-state index contributed by atoms with van der Waals surface area (Å²) in [4.78, 5) is 14.1. The second kappa shape index (κ2) is 4.82. The van der Waals surface area contributed by atoms with Crippen molar-refractivity contribution in [3.8, 4) is 17.3 Å². The zero-order chi connectivity index (χ0) is 14.0. The molecule has 0 fully saturated rings. The van der Waals surface area contributed by atoms with Crippen LogP contribution in [0.4, 0.5) is 10.1 Å². The van der Waals surface area contributed by atoms with Gasteiger partial charge in [-0.3, -0.25) is 15.1 Å². The Hall–Kier alpha value is -2.81. The average Bonchev–Trinajstić information content (AvgIpc) is 2.39. The number of pyridine rings is 1. The van der Waals surface area contributed by atoms with Crippen molar-refractivity contribution in [1.82, 2.24) is 4.98 Å². The second-order valence-electron chi connectivity index (χ2n) is 3.92. The number of nitro benzene ring substituents is 1. The maximum absolute atomic E-state index is 13.0. The van der Waals surface area contributed by atoms with E-state index < -0.39 is 10.7 Å². The van der Waals surface area contributed by atoms with E-state index in [4.69, 9.17) is 5.26 Å². The number of non-ortho nitro benzene ring substituents is 1. The molecule has 2 rings (SSSR count). The van der Waals surface area contributed by atoms with Crippen molar-refractivity contribution in [2.24, 2.45) is 0 Å². The van der Waals surface area contributed by atoms with Crippen LogP contribution in [0.25, 0.3) is 11.3 Å². The first-order valence-corrected chi connectivity index (χ1v) is 5.34. The molecule has 0 radical (unpaired) electrons. The van der Waals surface area contributed by atoms with E-state index >= 15 is 0 Å². The number of hydrogen-bond acceptors (Lipinski definition) is 4. The largest absolute Gasteiger partial charge is 0.270 e. The fourth-order valence-corrected chi connectivity index (χ4v) is 1.72. The Morgan fingerprint density at radius 1 is 1.42 bits per heavy atom. The van der Waals surface area contributed by atoms with Gasteiger partial charge in [0.1, 0.15) is 11.9 Å². The quantitative estimate of drug-likeness (QED) is 0.611. The van der Waals surface area contributed by atoms with Gasteiger partial charge in [-0.1, -0.05) is 6.07 Å². The van der Waals surface area contributed by atoms with E-state index in [0.717, 1.165) is 17.8 Å². The molecule has 6 heteroatoms. The Labute approximate surface area is 108 Å². The molecule has 0 spiro atoms. The molecule has 19 heavy (non-hydrogen) atoms. The number of benzene rings is 1. The Kier molecular flexibility index (Phi) is 3.21. The van der Waals surface area contributed by atoms with Crippen LogP contribution in [0.3, 0.4) is 0 Å². The molecule has 0 saturated heterocycles. The van der Waals surface area contributed by atoms with Crippen LogP contribution in [0.1, 0.15) is 11.1 Å². The molecule has 0 N–H and O–H groups in total. The first-order valence-electron chi connectivity index (χ1n) is 5.34. The normalized spacial score (nSPS) is 9.95. The van der Waals surface area contributed by atoms with Gasteiger partial charge in [-0.25, -0.2) is 4.39 Å². The smallest absolute Gasteiger partial charge is 0.258 e. The summed E-state index contributed by atoms with van der Waals surface area (Å²) < 4.78 is 13.0. The Balaban J connectivity index is 2.68. The highest BCUT2D eigenvalue weighted by molar-refractivity contribution is 5.71. The number of nitriles is 1. The van der Waals surface area contributed by atoms with Crippen molar-refractivity contribution < 1.29 is 9.31 Å². The van der Waals surface area contributed by atoms with Crippen molar-refractivity contribution in [2.45, 2.75) is 6.92 Å². The molecular weight excluding hydrogens is 249 g/mol. The predicted molar refractivity (Wildman–Crippen MR) is 65.7 cm³/mol. The van der Waals surface area contributed by atoms with Crippen molar-refractivity contribution >= 4 is 5.69 Å². The molecule has 94 valence electrons. The molecule has 1 aromatic carbocycles. The summed E-state index contributed by atoms with van der Waals surface area (Å²) >= 11 is 0. The van der Waals surface area contributed by atoms with Crippen LogP contribution < -0.4 is 0 Å². The maximum atomic E-state index is 13.0. The summed E-state index contributed by atoms with van der Waals surface area (Å²) in [6, 6.07) is 7.16. The Morgan fingerprint density at radius 2 is 2.16 bits per heavy atom. The lowest BCUT2D eigenvalue weighted by atomic mass is 10.0.